The first-order chi connectivity index (χ1) is 10.9. The summed E-state index contributed by atoms with van der Waals surface area (Å²) in [5.41, 5.74) is 0. The third-order valence-electron chi connectivity index (χ3n) is 3.56. The number of carbonyl (C=O) groups is 1. The van der Waals surface area contributed by atoms with Crippen LogP contribution in [-0.2, 0) is 14.6 Å². The summed E-state index contributed by atoms with van der Waals surface area (Å²) in [4.78, 5) is 13.3. The van der Waals surface area contributed by atoms with Crippen LogP contribution in [-0.4, -0.2) is 26.2 Å². The minimum atomic E-state index is -3.77. The fraction of sp³-hybridized carbons (Fsp3) is 0.267. The van der Waals surface area contributed by atoms with Crippen LogP contribution in [0.15, 0.2) is 45.5 Å². The van der Waals surface area contributed by atoms with Gasteiger partial charge < -0.3 is 5.11 Å². The molecule has 3 rings (SSSR count). The van der Waals surface area contributed by atoms with Crippen LogP contribution in [0.1, 0.15) is 12.8 Å². The number of thiophene rings is 1. The van der Waals surface area contributed by atoms with Crippen LogP contribution in [0.5, 0.6) is 0 Å². The standard InChI is InChI=1S/C15H14FNO4S2/c16-11-3-5-12(6-4-11)23(20,21)14-8-7-13(22-14)17(9-18)15(19)10-1-2-10/h3-8,10,18H,1-2,9H2. The normalized spacial score (nSPS) is 14.7. The summed E-state index contributed by atoms with van der Waals surface area (Å²) in [7, 11) is -3.77. The molecule has 0 spiro atoms. The Balaban J connectivity index is 1.91. The number of hydrogen-bond acceptors (Lipinski definition) is 5. The maximum absolute atomic E-state index is 12.9. The van der Waals surface area contributed by atoms with Crippen molar-refractivity contribution in [3.05, 3.63) is 42.2 Å². The molecule has 1 fully saturated rings. The molecule has 122 valence electrons. The number of benzene rings is 1. The molecule has 0 atom stereocenters. The zero-order chi connectivity index (χ0) is 16.6. The molecule has 0 unspecified atom stereocenters. The van der Waals surface area contributed by atoms with Crippen LogP contribution in [0, 0.1) is 11.7 Å². The molecule has 8 heteroatoms. The topological polar surface area (TPSA) is 74.7 Å². The average molecular weight is 355 g/mol. The molecule has 1 N–H and O–H groups in total. The Morgan fingerprint density at radius 2 is 1.87 bits per heavy atom. The number of amides is 1. The molecular formula is C15H14FNO4S2. The van der Waals surface area contributed by atoms with Crippen LogP contribution in [0.3, 0.4) is 0 Å². The minimum Gasteiger partial charge on any atom is -0.376 e. The van der Waals surface area contributed by atoms with E-state index in [0.717, 1.165) is 36.3 Å². The Morgan fingerprint density at radius 1 is 1.22 bits per heavy atom. The molecule has 23 heavy (non-hydrogen) atoms. The quantitative estimate of drug-likeness (QED) is 0.660. The molecule has 0 bridgehead atoms. The van der Waals surface area contributed by atoms with E-state index in [1.54, 1.807) is 0 Å². The fourth-order valence-electron chi connectivity index (χ4n) is 2.13. The van der Waals surface area contributed by atoms with Gasteiger partial charge in [0.15, 0.2) is 0 Å². The lowest BCUT2D eigenvalue weighted by molar-refractivity contribution is -0.120. The number of anilines is 1. The van der Waals surface area contributed by atoms with E-state index < -0.39 is 22.4 Å². The smallest absolute Gasteiger partial charge is 0.232 e. The van der Waals surface area contributed by atoms with E-state index in [1.165, 1.54) is 29.2 Å². The van der Waals surface area contributed by atoms with Gasteiger partial charge in [0.2, 0.25) is 15.7 Å². The Bertz CT molecular complexity index is 825. The van der Waals surface area contributed by atoms with Gasteiger partial charge in [0.25, 0.3) is 0 Å². The van der Waals surface area contributed by atoms with E-state index in [2.05, 4.69) is 0 Å². The predicted octanol–water partition coefficient (Wildman–Crippen LogP) is 2.41. The van der Waals surface area contributed by atoms with Crippen molar-refractivity contribution < 1.29 is 22.7 Å². The zero-order valence-electron chi connectivity index (χ0n) is 12.0. The summed E-state index contributed by atoms with van der Waals surface area (Å²) in [6.07, 6.45) is 1.59. The number of nitrogens with zero attached hydrogens (tertiary/aromatic N) is 1. The molecule has 0 radical (unpaired) electrons. The van der Waals surface area contributed by atoms with Crippen molar-refractivity contribution in [1.82, 2.24) is 0 Å². The van der Waals surface area contributed by atoms with Gasteiger partial charge in [-0.25, -0.2) is 12.8 Å². The number of carbonyl (C=O) groups excluding carboxylic acids is 1. The molecule has 1 saturated carbocycles. The second kappa shape index (κ2) is 6.03. The number of sulfone groups is 1. The van der Waals surface area contributed by atoms with E-state index in [0.29, 0.717) is 5.00 Å². The highest BCUT2D eigenvalue weighted by Gasteiger charge is 2.34. The molecule has 1 amide bonds. The van der Waals surface area contributed by atoms with Crippen LogP contribution in [0.25, 0.3) is 0 Å². The number of halogens is 1. The Labute approximate surface area is 136 Å². The molecule has 1 heterocycles. The zero-order valence-corrected chi connectivity index (χ0v) is 13.6. The maximum atomic E-state index is 12.9. The van der Waals surface area contributed by atoms with E-state index in [-0.39, 0.29) is 20.9 Å². The molecule has 1 aliphatic rings. The third kappa shape index (κ3) is 3.15. The lowest BCUT2D eigenvalue weighted by atomic mass is 10.3. The summed E-state index contributed by atoms with van der Waals surface area (Å²) >= 11 is 0.908. The van der Waals surface area contributed by atoms with Gasteiger partial charge in [-0.2, -0.15) is 0 Å². The number of aliphatic hydroxyl groups excluding tert-OH is 1. The highest BCUT2D eigenvalue weighted by Crippen LogP contribution is 2.37. The van der Waals surface area contributed by atoms with Gasteiger partial charge in [0.1, 0.15) is 21.8 Å². The largest absolute Gasteiger partial charge is 0.376 e. The second-order valence-electron chi connectivity index (χ2n) is 5.23. The van der Waals surface area contributed by atoms with Gasteiger partial charge >= 0.3 is 0 Å². The third-order valence-corrected chi connectivity index (χ3v) is 6.93. The van der Waals surface area contributed by atoms with E-state index in [1.807, 2.05) is 0 Å². The molecular weight excluding hydrogens is 341 g/mol. The van der Waals surface area contributed by atoms with Crippen LogP contribution in [0.2, 0.25) is 0 Å². The summed E-state index contributed by atoms with van der Waals surface area (Å²) < 4.78 is 38.0. The van der Waals surface area contributed by atoms with Gasteiger partial charge in [0, 0.05) is 5.92 Å². The number of hydrogen-bond donors (Lipinski definition) is 1. The summed E-state index contributed by atoms with van der Waals surface area (Å²) in [6.45, 7) is -0.494. The summed E-state index contributed by atoms with van der Waals surface area (Å²) in [6, 6.07) is 7.45. The van der Waals surface area contributed by atoms with Crippen molar-refractivity contribution in [3.8, 4) is 0 Å². The first-order valence-electron chi connectivity index (χ1n) is 6.96. The lowest BCUT2D eigenvalue weighted by Gasteiger charge is -2.17. The van der Waals surface area contributed by atoms with Gasteiger partial charge in [-0.15, -0.1) is 11.3 Å². The molecule has 5 nitrogen and oxygen atoms in total. The highest BCUT2D eigenvalue weighted by atomic mass is 32.2. The van der Waals surface area contributed by atoms with Crippen molar-refractivity contribution in [3.63, 3.8) is 0 Å². The minimum absolute atomic E-state index is 0.0173. The molecule has 1 aromatic carbocycles. The Kier molecular flexibility index (Phi) is 4.22. The molecule has 1 aromatic heterocycles. The van der Waals surface area contributed by atoms with Gasteiger partial charge in [-0.1, -0.05) is 0 Å². The van der Waals surface area contributed by atoms with E-state index in [9.17, 15) is 22.7 Å². The van der Waals surface area contributed by atoms with Crippen molar-refractivity contribution in [1.29, 1.82) is 0 Å². The van der Waals surface area contributed by atoms with Gasteiger partial charge in [0.05, 0.1) is 4.90 Å². The van der Waals surface area contributed by atoms with Crippen molar-refractivity contribution in [2.45, 2.75) is 21.9 Å². The van der Waals surface area contributed by atoms with Gasteiger partial charge in [-0.05, 0) is 49.2 Å². The lowest BCUT2D eigenvalue weighted by Crippen LogP contribution is -2.32. The Morgan fingerprint density at radius 3 is 2.43 bits per heavy atom. The van der Waals surface area contributed by atoms with Gasteiger partial charge in [-0.3, -0.25) is 9.69 Å². The van der Waals surface area contributed by atoms with Crippen LogP contribution < -0.4 is 4.90 Å². The number of aliphatic hydroxyl groups is 1. The van der Waals surface area contributed by atoms with E-state index >= 15 is 0 Å². The molecule has 2 aromatic rings. The molecule has 0 aliphatic heterocycles. The molecule has 0 saturated heterocycles. The summed E-state index contributed by atoms with van der Waals surface area (Å²) in [5.74, 6) is -0.793. The monoisotopic (exact) mass is 355 g/mol. The SMILES string of the molecule is O=C(C1CC1)N(CO)c1ccc(S(=O)(=O)c2ccc(F)cc2)s1. The maximum Gasteiger partial charge on any atom is 0.232 e. The highest BCUT2D eigenvalue weighted by molar-refractivity contribution is 7.93. The van der Waals surface area contributed by atoms with Crippen LogP contribution >= 0.6 is 11.3 Å². The fourth-order valence-corrected chi connectivity index (χ4v) is 4.82. The Hall–Kier alpha value is -1.77. The van der Waals surface area contributed by atoms with Crippen molar-refractivity contribution in [2.75, 3.05) is 11.6 Å². The average Bonchev–Trinajstić information content (AvgIpc) is 3.26. The van der Waals surface area contributed by atoms with Crippen LogP contribution in [0.4, 0.5) is 9.39 Å². The van der Waals surface area contributed by atoms with Crippen molar-refractivity contribution >= 4 is 32.1 Å². The van der Waals surface area contributed by atoms with Crippen molar-refractivity contribution in [2.24, 2.45) is 5.92 Å². The second-order valence-corrected chi connectivity index (χ2v) is 8.47. The first-order valence-corrected chi connectivity index (χ1v) is 9.26. The van der Waals surface area contributed by atoms with E-state index in [4.69, 9.17) is 0 Å². The summed E-state index contributed by atoms with van der Waals surface area (Å²) in [5, 5.41) is 9.79. The first kappa shape index (κ1) is 16.1. The molecule has 1 aliphatic carbocycles. The predicted molar refractivity (Wildman–Crippen MR) is 83.5 cm³/mol. The number of rotatable bonds is 5.